The van der Waals surface area contributed by atoms with E-state index in [1.54, 1.807) is 18.2 Å². The highest BCUT2D eigenvalue weighted by Crippen LogP contribution is 2.25. The molecule has 2 aromatic carbocycles. The second-order valence-corrected chi connectivity index (χ2v) is 6.33. The van der Waals surface area contributed by atoms with Crippen molar-refractivity contribution in [3.8, 4) is 18.2 Å². The van der Waals surface area contributed by atoms with Gasteiger partial charge in [0, 0.05) is 34.8 Å². The van der Waals surface area contributed by atoms with Gasteiger partial charge in [-0.25, -0.2) is 4.39 Å². The molecule has 0 aliphatic carbocycles. The van der Waals surface area contributed by atoms with Gasteiger partial charge in [0.25, 0.3) is 0 Å². The molecule has 0 spiro atoms. The fourth-order valence-electron chi connectivity index (χ4n) is 3.05. The van der Waals surface area contributed by atoms with E-state index in [1.165, 1.54) is 12.1 Å². The Balaban J connectivity index is 2.05. The van der Waals surface area contributed by atoms with Gasteiger partial charge >= 0.3 is 0 Å². The summed E-state index contributed by atoms with van der Waals surface area (Å²) in [5.74, 6) is -1.39. The predicted molar refractivity (Wildman–Crippen MR) is 104 cm³/mol. The minimum absolute atomic E-state index is 0.165. The zero-order valence-corrected chi connectivity index (χ0v) is 14.9. The Hall–Kier alpha value is -3.92. The van der Waals surface area contributed by atoms with Crippen molar-refractivity contribution in [1.29, 1.82) is 15.8 Å². The lowest BCUT2D eigenvalue weighted by Crippen LogP contribution is -2.29. The fraction of sp³-hybridized carbons (Fsp3) is 0.136. The highest BCUT2D eigenvalue weighted by molar-refractivity contribution is 5.90. The number of halogens is 1. The molecule has 0 saturated heterocycles. The smallest absolute Gasteiger partial charge is 0.153 e. The van der Waals surface area contributed by atoms with Gasteiger partial charge in [-0.15, -0.1) is 0 Å². The number of hydrogen-bond donors (Lipinski definition) is 1. The van der Waals surface area contributed by atoms with Gasteiger partial charge in [-0.05, 0) is 29.8 Å². The topological polar surface area (TPSA) is 102 Å². The van der Waals surface area contributed by atoms with E-state index in [4.69, 9.17) is 16.3 Å². The van der Waals surface area contributed by atoms with Crippen LogP contribution in [0.4, 0.5) is 4.39 Å². The first kappa shape index (κ1) is 18.9. The van der Waals surface area contributed by atoms with Gasteiger partial charge in [0.05, 0.1) is 24.2 Å². The molecule has 0 bridgehead atoms. The van der Waals surface area contributed by atoms with Crippen LogP contribution < -0.4 is 5.73 Å². The number of nitriles is 3. The summed E-state index contributed by atoms with van der Waals surface area (Å²) in [7, 11) is 0. The van der Waals surface area contributed by atoms with Crippen molar-refractivity contribution in [2.75, 3.05) is 0 Å². The molecule has 3 aromatic rings. The van der Waals surface area contributed by atoms with Crippen LogP contribution in [-0.2, 0) is 6.54 Å². The first-order chi connectivity index (χ1) is 13.6. The van der Waals surface area contributed by atoms with Crippen LogP contribution >= 0.6 is 0 Å². The van der Waals surface area contributed by atoms with Crippen LogP contribution in [0.3, 0.4) is 0 Å². The number of aromatic nitrogens is 1. The third-order valence-corrected chi connectivity index (χ3v) is 4.52. The van der Waals surface area contributed by atoms with Crippen LogP contribution in [0.5, 0.6) is 0 Å². The van der Waals surface area contributed by atoms with Gasteiger partial charge in [0.2, 0.25) is 0 Å². The Bertz CT molecular complexity index is 1140. The Morgan fingerprint density at radius 1 is 1.07 bits per heavy atom. The summed E-state index contributed by atoms with van der Waals surface area (Å²) >= 11 is 0. The van der Waals surface area contributed by atoms with Crippen LogP contribution in [-0.4, -0.2) is 10.6 Å². The molecule has 3 rings (SSSR count). The number of hydrogen-bond acceptors (Lipinski definition) is 4. The standard InChI is InChI=1S/C22H16FN5/c23-19-7-5-15(6-8-19)13-28-14-17(20-3-1-2-4-21(20)28)9-16(10-24)22(27)18(11-25)12-26/h1-9,14,18,22H,13,27H2. The van der Waals surface area contributed by atoms with Crippen LogP contribution in [0, 0.1) is 45.7 Å². The molecule has 0 fully saturated rings. The zero-order valence-electron chi connectivity index (χ0n) is 14.9. The normalized spacial score (nSPS) is 12.4. The van der Waals surface area contributed by atoms with Gasteiger partial charge in [0.15, 0.2) is 5.92 Å². The van der Waals surface area contributed by atoms with E-state index in [0.29, 0.717) is 6.54 Å². The molecule has 1 atom stereocenters. The third-order valence-electron chi connectivity index (χ3n) is 4.52. The molecule has 2 N–H and O–H groups in total. The molecule has 0 aliphatic rings. The van der Waals surface area contributed by atoms with Crippen molar-refractivity contribution < 1.29 is 4.39 Å². The first-order valence-electron chi connectivity index (χ1n) is 8.56. The van der Waals surface area contributed by atoms with Crippen LogP contribution in [0.25, 0.3) is 17.0 Å². The maximum Gasteiger partial charge on any atom is 0.153 e. The highest BCUT2D eigenvalue weighted by Gasteiger charge is 2.21. The maximum absolute atomic E-state index is 13.2. The molecule has 0 amide bonds. The second kappa shape index (κ2) is 8.18. The van der Waals surface area contributed by atoms with Crippen LogP contribution in [0.15, 0.2) is 60.3 Å². The average Bonchev–Trinajstić information content (AvgIpc) is 3.06. The van der Waals surface area contributed by atoms with E-state index in [0.717, 1.165) is 22.0 Å². The van der Waals surface area contributed by atoms with Crippen LogP contribution in [0.2, 0.25) is 0 Å². The lowest BCUT2D eigenvalue weighted by molar-refractivity contribution is 0.626. The van der Waals surface area contributed by atoms with Crippen molar-refractivity contribution in [2.24, 2.45) is 11.7 Å². The molecule has 0 aliphatic heterocycles. The Morgan fingerprint density at radius 3 is 2.39 bits per heavy atom. The molecule has 0 radical (unpaired) electrons. The highest BCUT2D eigenvalue weighted by atomic mass is 19.1. The molecule has 0 saturated carbocycles. The Labute approximate surface area is 162 Å². The molecule has 1 aromatic heterocycles. The SMILES string of the molecule is N#CC(=Cc1cn(Cc2ccc(F)cc2)c2ccccc12)C(N)C(C#N)C#N. The largest absolute Gasteiger partial charge is 0.342 e. The molecule has 136 valence electrons. The summed E-state index contributed by atoms with van der Waals surface area (Å²) in [6.45, 7) is 0.529. The van der Waals surface area contributed by atoms with Gasteiger partial charge in [-0.1, -0.05) is 30.3 Å². The summed E-state index contributed by atoms with van der Waals surface area (Å²) in [5.41, 5.74) is 8.76. The molecule has 28 heavy (non-hydrogen) atoms. The van der Waals surface area contributed by atoms with E-state index in [1.807, 2.05) is 53.2 Å². The van der Waals surface area contributed by atoms with Gasteiger partial charge in [0.1, 0.15) is 5.82 Å². The van der Waals surface area contributed by atoms with Crippen molar-refractivity contribution in [2.45, 2.75) is 12.6 Å². The Morgan fingerprint density at radius 2 is 1.75 bits per heavy atom. The summed E-state index contributed by atoms with van der Waals surface area (Å²) in [5, 5.41) is 28.5. The fourth-order valence-corrected chi connectivity index (χ4v) is 3.05. The average molecular weight is 369 g/mol. The molecular weight excluding hydrogens is 353 g/mol. The molecule has 1 unspecified atom stereocenters. The van der Waals surface area contributed by atoms with Crippen LogP contribution in [0.1, 0.15) is 11.1 Å². The van der Waals surface area contributed by atoms with E-state index in [-0.39, 0.29) is 11.4 Å². The van der Waals surface area contributed by atoms with Gasteiger partial charge in [-0.2, -0.15) is 15.8 Å². The van der Waals surface area contributed by atoms with E-state index < -0.39 is 12.0 Å². The Kier molecular flexibility index (Phi) is 5.51. The minimum Gasteiger partial charge on any atom is -0.342 e. The predicted octanol–water partition coefficient (Wildman–Crippen LogP) is 3.73. The van der Waals surface area contributed by atoms with Crippen molar-refractivity contribution in [3.05, 3.63) is 77.2 Å². The summed E-state index contributed by atoms with van der Waals surface area (Å²) in [6, 6.07) is 18.6. The number of rotatable bonds is 5. The van der Waals surface area contributed by atoms with E-state index in [2.05, 4.69) is 0 Å². The van der Waals surface area contributed by atoms with Crippen molar-refractivity contribution in [1.82, 2.24) is 4.57 Å². The lowest BCUT2D eigenvalue weighted by Gasteiger charge is -2.09. The van der Waals surface area contributed by atoms with E-state index in [9.17, 15) is 9.65 Å². The molecule has 1 heterocycles. The quantitative estimate of drug-likeness (QED) is 0.692. The zero-order chi connectivity index (χ0) is 20.1. The number of benzene rings is 2. The molecule has 5 nitrogen and oxygen atoms in total. The number of nitrogens with zero attached hydrogens (tertiary/aromatic N) is 4. The summed E-state index contributed by atoms with van der Waals surface area (Å²) in [6.07, 6.45) is 3.50. The number of fused-ring (bicyclic) bond motifs is 1. The number of para-hydroxylation sites is 1. The van der Waals surface area contributed by atoms with Crippen molar-refractivity contribution >= 4 is 17.0 Å². The van der Waals surface area contributed by atoms with Gasteiger partial charge < -0.3 is 10.3 Å². The summed E-state index contributed by atoms with van der Waals surface area (Å²) < 4.78 is 15.2. The molecule has 6 heteroatoms. The number of nitrogens with two attached hydrogens (primary N) is 1. The lowest BCUT2D eigenvalue weighted by atomic mass is 9.95. The maximum atomic E-state index is 13.2. The second-order valence-electron chi connectivity index (χ2n) is 6.33. The van der Waals surface area contributed by atoms with E-state index >= 15 is 0 Å². The first-order valence-corrected chi connectivity index (χ1v) is 8.56. The monoisotopic (exact) mass is 369 g/mol. The third kappa shape index (κ3) is 3.76. The van der Waals surface area contributed by atoms with Crippen molar-refractivity contribution in [3.63, 3.8) is 0 Å². The summed E-state index contributed by atoms with van der Waals surface area (Å²) in [4.78, 5) is 0. The van der Waals surface area contributed by atoms with Gasteiger partial charge in [-0.3, -0.25) is 0 Å². The minimum atomic E-state index is -1.10. The molecular formula is C22H16FN5.